The highest BCUT2D eigenvalue weighted by atomic mass is 35.5. The highest BCUT2D eigenvalue weighted by molar-refractivity contribution is 8.16. The van der Waals surface area contributed by atoms with Crippen molar-refractivity contribution in [1.29, 1.82) is 0 Å². The second-order valence-electron chi connectivity index (χ2n) is 5.55. The Kier molecular flexibility index (Phi) is 4.15. The van der Waals surface area contributed by atoms with Crippen LogP contribution in [0, 0.1) is 0 Å². The van der Waals surface area contributed by atoms with E-state index in [9.17, 15) is 4.79 Å². The molecule has 0 spiro atoms. The van der Waals surface area contributed by atoms with Crippen LogP contribution in [0.25, 0.3) is 22.8 Å². The predicted octanol–water partition coefficient (Wildman–Crippen LogP) is 3.83. The van der Waals surface area contributed by atoms with Crippen LogP contribution in [0.15, 0.2) is 47.6 Å². The zero-order valence-electron chi connectivity index (χ0n) is 13.3. The van der Waals surface area contributed by atoms with Gasteiger partial charge >= 0.3 is 0 Å². The van der Waals surface area contributed by atoms with E-state index in [0.717, 1.165) is 28.1 Å². The van der Waals surface area contributed by atoms with E-state index >= 15 is 0 Å². The standard InChI is InChI=1S/C18H13ClN4OS/c1-23-16(21-14-3-2-8-20-17(14)23)13(18-22-15(24)10-25-18)9-11-4-6-12(19)7-5-11/h2-9H,10H2,1H3/b13-9-. The number of aromatic nitrogens is 3. The monoisotopic (exact) mass is 368 g/mol. The number of aryl methyl sites for hydroxylation is 1. The van der Waals surface area contributed by atoms with Crippen LogP contribution < -0.4 is 0 Å². The lowest BCUT2D eigenvalue weighted by atomic mass is 10.1. The number of hydrogen-bond donors (Lipinski definition) is 0. The van der Waals surface area contributed by atoms with Crippen molar-refractivity contribution in [3.63, 3.8) is 0 Å². The molecule has 0 bridgehead atoms. The average molecular weight is 369 g/mol. The number of benzene rings is 1. The zero-order chi connectivity index (χ0) is 17.4. The molecule has 7 heteroatoms. The fourth-order valence-electron chi connectivity index (χ4n) is 2.66. The van der Waals surface area contributed by atoms with Gasteiger partial charge in [0, 0.05) is 18.3 Å². The minimum Gasteiger partial charge on any atom is -0.312 e. The first-order valence-electron chi connectivity index (χ1n) is 7.61. The maximum Gasteiger partial charge on any atom is 0.257 e. The van der Waals surface area contributed by atoms with E-state index < -0.39 is 0 Å². The highest BCUT2D eigenvalue weighted by Crippen LogP contribution is 2.30. The number of amides is 1. The Balaban J connectivity index is 1.90. The third-order valence-corrected chi connectivity index (χ3v) is 5.07. The second-order valence-corrected chi connectivity index (χ2v) is 6.95. The molecule has 0 N–H and O–H groups in total. The molecule has 1 amide bonds. The molecule has 124 valence electrons. The maximum absolute atomic E-state index is 11.7. The number of aliphatic imine (C=N–C) groups is 1. The molecule has 0 atom stereocenters. The first-order chi connectivity index (χ1) is 12.1. The van der Waals surface area contributed by atoms with E-state index in [1.54, 1.807) is 6.20 Å². The third kappa shape index (κ3) is 3.10. The van der Waals surface area contributed by atoms with Crippen molar-refractivity contribution < 1.29 is 4.79 Å². The molecule has 1 aromatic carbocycles. The van der Waals surface area contributed by atoms with Gasteiger partial charge < -0.3 is 4.57 Å². The van der Waals surface area contributed by atoms with Gasteiger partial charge in [0.25, 0.3) is 5.91 Å². The number of pyridine rings is 1. The van der Waals surface area contributed by atoms with Gasteiger partial charge in [-0.25, -0.2) is 15.0 Å². The van der Waals surface area contributed by atoms with E-state index in [4.69, 9.17) is 16.6 Å². The Bertz CT molecular complexity index is 1040. The average Bonchev–Trinajstić information content (AvgIpc) is 3.19. The summed E-state index contributed by atoms with van der Waals surface area (Å²) < 4.78 is 1.92. The number of fused-ring (bicyclic) bond motifs is 1. The summed E-state index contributed by atoms with van der Waals surface area (Å²) in [5.74, 6) is 0.957. The van der Waals surface area contributed by atoms with Crippen LogP contribution in [0.3, 0.4) is 0 Å². The predicted molar refractivity (Wildman–Crippen MR) is 103 cm³/mol. The number of carbonyl (C=O) groups is 1. The van der Waals surface area contributed by atoms with Crippen LogP contribution in [0.5, 0.6) is 0 Å². The quantitative estimate of drug-likeness (QED) is 0.704. The minimum absolute atomic E-state index is 0.126. The van der Waals surface area contributed by atoms with E-state index in [1.165, 1.54) is 11.8 Å². The van der Waals surface area contributed by atoms with E-state index in [1.807, 2.05) is 54.1 Å². The molecule has 0 fully saturated rings. The normalized spacial score (nSPS) is 15.0. The van der Waals surface area contributed by atoms with Gasteiger partial charge in [-0.15, -0.1) is 0 Å². The van der Waals surface area contributed by atoms with Crippen molar-refractivity contribution in [2.75, 3.05) is 5.75 Å². The Labute approximate surface area is 153 Å². The number of nitrogens with zero attached hydrogens (tertiary/aromatic N) is 4. The molecule has 0 unspecified atom stereocenters. The molecule has 1 aliphatic rings. The van der Waals surface area contributed by atoms with Gasteiger partial charge in [0.15, 0.2) is 5.65 Å². The summed E-state index contributed by atoms with van der Waals surface area (Å²) in [6, 6.07) is 11.3. The Morgan fingerprint density at radius 1 is 1.28 bits per heavy atom. The Morgan fingerprint density at radius 3 is 2.76 bits per heavy atom. The lowest BCUT2D eigenvalue weighted by molar-refractivity contribution is -0.115. The van der Waals surface area contributed by atoms with Crippen molar-refractivity contribution >= 4 is 57.1 Å². The Morgan fingerprint density at radius 2 is 2.08 bits per heavy atom. The van der Waals surface area contributed by atoms with Crippen LogP contribution in [0.2, 0.25) is 5.02 Å². The van der Waals surface area contributed by atoms with Gasteiger partial charge in [0.1, 0.15) is 16.4 Å². The number of imidazole rings is 1. The van der Waals surface area contributed by atoms with Gasteiger partial charge in [0.05, 0.1) is 11.3 Å². The molecule has 4 rings (SSSR count). The maximum atomic E-state index is 11.7. The molecule has 0 saturated heterocycles. The Hall–Kier alpha value is -2.44. The second kappa shape index (κ2) is 6.46. The van der Waals surface area contributed by atoms with E-state index in [0.29, 0.717) is 15.8 Å². The first kappa shape index (κ1) is 16.1. The summed E-state index contributed by atoms with van der Waals surface area (Å²) in [6.45, 7) is 0. The van der Waals surface area contributed by atoms with Gasteiger partial charge in [-0.3, -0.25) is 4.79 Å². The summed E-state index contributed by atoms with van der Waals surface area (Å²) in [5, 5.41) is 1.35. The van der Waals surface area contributed by atoms with Gasteiger partial charge in [-0.1, -0.05) is 35.5 Å². The topological polar surface area (TPSA) is 60.1 Å². The molecule has 25 heavy (non-hydrogen) atoms. The molecular weight excluding hydrogens is 356 g/mol. The van der Waals surface area contributed by atoms with Gasteiger partial charge in [-0.05, 0) is 35.9 Å². The van der Waals surface area contributed by atoms with Crippen LogP contribution in [0.1, 0.15) is 11.4 Å². The van der Waals surface area contributed by atoms with Crippen molar-refractivity contribution in [1.82, 2.24) is 14.5 Å². The summed E-state index contributed by atoms with van der Waals surface area (Å²) >= 11 is 7.40. The summed E-state index contributed by atoms with van der Waals surface area (Å²) in [6.07, 6.45) is 3.71. The fraction of sp³-hybridized carbons (Fsp3) is 0.111. The van der Waals surface area contributed by atoms with Crippen molar-refractivity contribution in [2.24, 2.45) is 12.0 Å². The summed E-state index contributed by atoms with van der Waals surface area (Å²) in [5.41, 5.74) is 3.35. The van der Waals surface area contributed by atoms with Crippen molar-refractivity contribution in [3.8, 4) is 0 Å². The molecule has 3 aromatic rings. The van der Waals surface area contributed by atoms with Crippen molar-refractivity contribution in [3.05, 3.63) is 59.0 Å². The fourth-order valence-corrected chi connectivity index (χ4v) is 3.58. The smallest absolute Gasteiger partial charge is 0.257 e. The van der Waals surface area contributed by atoms with Crippen LogP contribution in [-0.2, 0) is 11.8 Å². The lowest BCUT2D eigenvalue weighted by Crippen LogP contribution is -2.03. The summed E-state index contributed by atoms with van der Waals surface area (Å²) in [4.78, 5) is 24.9. The van der Waals surface area contributed by atoms with Crippen molar-refractivity contribution in [2.45, 2.75) is 0 Å². The number of carbonyl (C=O) groups excluding carboxylic acids is 1. The molecule has 1 aliphatic heterocycles. The summed E-state index contributed by atoms with van der Waals surface area (Å²) in [7, 11) is 1.91. The minimum atomic E-state index is -0.126. The molecule has 0 saturated carbocycles. The van der Waals surface area contributed by atoms with Crippen LogP contribution in [-0.4, -0.2) is 31.2 Å². The number of hydrogen-bond acceptors (Lipinski definition) is 4. The van der Waals surface area contributed by atoms with E-state index in [2.05, 4.69) is 9.98 Å². The zero-order valence-corrected chi connectivity index (χ0v) is 14.9. The third-order valence-electron chi connectivity index (χ3n) is 3.84. The van der Waals surface area contributed by atoms with Gasteiger partial charge in [0.2, 0.25) is 0 Å². The molecule has 5 nitrogen and oxygen atoms in total. The largest absolute Gasteiger partial charge is 0.312 e. The number of thioether (sulfide) groups is 1. The molecule has 3 heterocycles. The molecule has 0 aliphatic carbocycles. The number of rotatable bonds is 3. The first-order valence-corrected chi connectivity index (χ1v) is 8.98. The SMILES string of the molecule is Cn1c(/C(=C/c2ccc(Cl)cc2)C2=NC(=O)CS2)nc2cccnc21. The highest BCUT2D eigenvalue weighted by Gasteiger charge is 2.23. The molecule has 2 aromatic heterocycles. The number of halogens is 1. The van der Waals surface area contributed by atoms with Crippen LogP contribution in [0.4, 0.5) is 0 Å². The molecule has 0 radical (unpaired) electrons. The lowest BCUT2D eigenvalue weighted by Gasteiger charge is -2.07. The van der Waals surface area contributed by atoms with Gasteiger partial charge in [-0.2, -0.15) is 0 Å². The van der Waals surface area contributed by atoms with E-state index in [-0.39, 0.29) is 5.91 Å². The van der Waals surface area contributed by atoms with Crippen LogP contribution >= 0.6 is 23.4 Å². The molecular formula is C18H13ClN4OS.